The quantitative estimate of drug-likeness (QED) is 0.232. The highest BCUT2D eigenvalue weighted by atomic mass is 35.5. The zero-order chi connectivity index (χ0) is 28.3. The molecule has 4 aromatic heterocycles. The molecule has 0 spiro atoms. The van der Waals surface area contributed by atoms with E-state index in [0.29, 0.717) is 52.7 Å². The highest BCUT2D eigenvalue weighted by Gasteiger charge is 2.23. The number of carboxylic acid groups (broad SMARTS) is 1. The summed E-state index contributed by atoms with van der Waals surface area (Å²) in [6, 6.07) is 16.9. The van der Waals surface area contributed by atoms with Gasteiger partial charge in [-0.3, -0.25) is 4.98 Å². The third-order valence-electron chi connectivity index (χ3n) is 6.90. The molecule has 5 heterocycles. The van der Waals surface area contributed by atoms with Crippen LogP contribution in [0.15, 0.2) is 66.9 Å². The van der Waals surface area contributed by atoms with Gasteiger partial charge in [0.1, 0.15) is 23.8 Å². The van der Waals surface area contributed by atoms with Gasteiger partial charge in [-0.25, -0.2) is 24.1 Å². The van der Waals surface area contributed by atoms with Crippen molar-refractivity contribution in [2.75, 3.05) is 6.61 Å². The molecule has 9 nitrogen and oxygen atoms in total. The van der Waals surface area contributed by atoms with E-state index in [0.717, 1.165) is 30.1 Å². The molecule has 11 heteroatoms. The van der Waals surface area contributed by atoms with Crippen LogP contribution in [0, 0.1) is 5.82 Å². The first kappa shape index (κ1) is 26.8. The summed E-state index contributed by atoms with van der Waals surface area (Å²) in [6.07, 6.45) is 3.89. The van der Waals surface area contributed by atoms with Crippen LogP contribution >= 0.6 is 11.6 Å². The zero-order valence-corrected chi connectivity index (χ0v) is 22.6. The minimum atomic E-state index is -1.08. The lowest BCUT2D eigenvalue weighted by Gasteiger charge is -2.27. The van der Waals surface area contributed by atoms with Crippen LogP contribution in [-0.2, 0) is 30.7 Å². The summed E-state index contributed by atoms with van der Waals surface area (Å²) in [5, 5.41) is 9.74. The average Bonchev–Trinajstić information content (AvgIpc) is 3.30. The Bertz CT molecular complexity index is 1740. The summed E-state index contributed by atoms with van der Waals surface area (Å²) in [6.45, 7) is 1.30. The van der Waals surface area contributed by atoms with E-state index < -0.39 is 11.8 Å². The summed E-state index contributed by atoms with van der Waals surface area (Å²) in [7, 11) is 0. The third-order valence-corrected chi connectivity index (χ3v) is 7.14. The average molecular weight is 574 g/mol. The van der Waals surface area contributed by atoms with Gasteiger partial charge in [0.25, 0.3) is 0 Å². The molecule has 0 bridgehead atoms. The third kappa shape index (κ3) is 6.03. The number of hydrogen-bond acceptors (Lipinski definition) is 7. The van der Waals surface area contributed by atoms with Gasteiger partial charge in [-0.1, -0.05) is 23.7 Å². The Morgan fingerprint density at radius 3 is 2.76 bits per heavy atom. The predicted molar refractivity (Wildman–Crippen MR) is 149 cm³/mol. The maximum Gasteiger partial charge on any atom is 0.354 e. The van der Waals surface area contributed by atoms with Crippen molar-refractivity contribution in [3.8, 4) is 17.1 Å². The summed E-state index contributed by atoms with van der Waals surface area (Å²) < 4.78 is 27.5. The number of carbonyl (C=O) groups is 1. The number of aromatic nitrogens is 5. The number of rotatable bonds is 10. The molecule has 1 aromatic carbocycles. The van der Waals surface area contributed by atoms with Gasteiger partial charge in [0.2, 0.25) is 5.88 Å². The second-order valence-electron chi connectivity index (χ2n) is 9.69. The van der Waals surface area contributed by atoms with Crippen LogP contribution in [0.2, 0.25) is 5.02 Å². The van der Waals surface area contributed by atoms with E-state index >= 15 is 0 Å². The van der Waals surface area contributed by atoms with Gasteiger partial charge in [-0.15, -0.1) is 0 Å². The van der Waals surface area contributed by atoms with Crippen LogP contribution in [0.1, 0.15) is 34.0 Å². The maximum atomic E-state index is 14.1. The van der Waals surface area contributed by atoms with Gasteiger partial charge in [-0.05, 0) is 55.3 Å². The Morgan fingerprint density at radius 2 is 1.98 bits per heavy atom. The first-order valence-electron chi connectivity index (χ1n) is 13.1. The van der Waals surface area contributed by atoms with E-state index in [9.17, 15) is 14.3 Å². The molecular weight excluding hydrogens is 549 g/mol. The van der Waals surface area contributed by atoms with Gasteiger partial charge < -0.3 is 19.1 Å². The first-order chi connectivity index (χ1) is 19.9. The molecule has 5 aromatic rings. The van der Waals surface area contributed by atoms with Crippen LogP contribution in [0.5, 0.6) is 5.88 Å². The van der Waals surface area contributed by atoms with Gasteiger partial charge in [0.05, 0.1) is 18.3 Å². The highest BCUT2D eigenvalue weighted by Crippen LogP contribution is 2.24. The van der Waals surface area contributed by atoms with Crippen LogP contribution < -0.4 is 4.74 Å². The molecule has 1 unspecified atom stereocenters. The van der Waals surface area contributed by atoms with Crippen LogP contribution in [0.3, 0.4) is 0 Å². The van der Waals surface area contributed by atoms with E-state index in [1.165, 1.54) is 12.1 Å². The Hall–Kier alpha value is -4.41. The summed E-state index contributed by atoms with van der Waals surface area (Å²) in [4.78, 5) is 29.7. The van der Waals surface area contributed by atoms with Crippen LogP contribution in [0.25, 0.3) is 22.4 Å². The van der Waals surface area contributed by atoms with Crippen molar-refractivity contribution >= 4 is 28.7 Å². The topological polar surface area (TPSA) is 112 Å². The molecule has 1 aliphatic rings. The molecule has 6 rings (SSSR count). The fourth-order valence-corrected chi connectivity index (χ4v) is 4.80. The van der Waals surface area contributed by atoms with Crippen LogP contribution in [0.4, 0.5) is 4.39 Å². The molecule has 1 aliphatic heterocycles. The number of hydrogen-bond donors (Lipinski definition) is 1. The summed E-state index contributed by atoms with van der Waals surface area (Å²) in [5.41, 5.74) is 3.95. The van der Waals surface area contributed by atoms with E-state index in [2.05, 4.69) is 15.0 Å². The number of aromatic carboxylic acids is 1. The lowest BCUT2D eigenvalue weighted by atomic mass is 10.1. The first-order valence-corrected chi connectivity index (χ1v) is 13.5. The number of ether oxygens (including phenoxy) is 2. The predicted octanol–water partition coefficient (Wildman–Crippen LogP) is 5.53. The second kappa shape index (κ2) is 11.6. The van der Waals surface area contributed by atoms with E-state index in [4.69, 9.17) is 26.1 Å². The molecule has 0 saturated carbocycles. The zero-order valence-electron chi connectivity index (χ0n) is 21.8. The van der Waals surface area contributed by atoms with Crippen molar-refractivity contribution in [1.82, 2.24) is 24.5 Å². The number of nitrogens with zero attached hydrogens (tertiary/aromatic N) is 5. The summed E-state index contributed by atoms with van der Waals surface area (Å²) >= 11 is 5.83. The SMILES string of the molecule is O=C(O)c1ccc2nc(CCc3cc(-c4cccc(OCc5ccc(Cl)cc5F)n4)ccn3)n(CC3CCO3)c2n1. The Balaban J connectivity index is 1.19. The monoisotopic (exact) mass is 573 g/mol. The molecule has 0 amide bonds. The molecule has 41 heavy (non-hydrogen) atoms. The molecule has 1 saturated heterocycles. The van der Waals surface area contributed by atoms with Gasteiger partial charge in [0.15, 0.2) is 11.3 Å². The second-order valence-corrected chi connectivity index (χ2v) is 10.1. The van der Waals surface area contributed by atoms with Crippen molar-refractivity contribution in [3.63, 3.8) is 0 Å². The minimum absolute atomic E-state index is 0.0221. The Kier molecular flexibility index (Phi) is 7.58. The van der Waals surface area contributed by atoms with Crippen molar-refractivity contribution in [1.29, 1.82) is 0 Å². The number of benzene rings is 1. The number of halogens is 2. The van der Waals surface area contributed by atoms with Gasteiger partial charge in [-0.2, -0.15) is 0 Å². The number of aryl methyl sites for hydroxylation is 2. The molecular formula is C30H25ClFN5O4. The van der Waals surface area contributed by atoms with E-state index in [1.807, 2.05) is 28.8 Å². The van der Waals surface area contributed by atoms with Crippen molar-refractivity contribution in [2.45, 2.75) is 38.5 Å². The van der Waals surface area contributed by atoms with E-state index in [-0.39, 0.29) is 18.4 Å². The Labute approximate surface area is 239 Å². The fourth-order valence-electron chi connectivity index (χ4n) is 4.64. The molecule has 1 N–H and O–H groups in total. The largest absolute Gasteiger partial charge is 0.477 e. The van der Waals surface area contributed by atoms with Crippen molar-refractivity contribution in [2.24, 2.45) is 0 Å². The summed E-state index contributed by atoms with van der Waals surface area (Å²) in [5.74, 6) is -0.349. The smallest absolute Gasteiger partial charge is 0.354 e. The number of fused-ring (bicyclic) bond motifs is 1. The molecule has 208 valence electrons. The molecule has 1 atom stereocenters. The molecule has 0 radical (unpaired) electrons. The number of imidazole rings is 1. The Morgan fingerprint density at radius 1 is 1.10 bits per heavy atom. The highest BCUT2D eigenvalue weighted by molar-refractivity contribution is 6.30. The standard InChI is InChI=1S/C30H25ClFN5O4/c31-20-5-4-19(23(32)15-20)17-41-28-3-1-2-24(35-28)18-10-12-33-21(14-18)6-9-27-34-25-7-8-26(30(38)39)36-29(25)37(27)16-22-11-13-40-22/h1-5,7-8,10,12,14-15,22H,6,9,11,13,16-17H2,(H,38,39). The lowest BCUT2D eigenvalue weighted by molar-refractivity contribution is -0.0590. The normalized spacial score (nSPS) is 14.6. The fraction of sp³-hybridized carbons (Fsp3) is 0.233. The van der Waals surface area contributed by atoms with E-state index in [1.54, 1.807) is 30.5 Å². The maximum absolute atomic E-state index is 14.1. The van der Waals surface area contributed by atoms with Crippen molar-refractivity contribution < 1.29 is 23.8 Å². The number of pyridine rings is 3. The molecule has 1 fully saturated rings. The van der Waals surface area contributed by atoms with Gasteiger partial charge in [0, 0.05) is 47.1 Å². The van der Waals surface area contributed by atoms with Gasteiger partial charge >= 0.3 is 5.97 Å². The number of carboxylic acids is 1. The van der Waals surface area contributed by atoms with Crippen LogP contribution in [-0.4, -0.2) is 48.3 Å². The molecule has 0 aliphatic carbocycles. The minimum Gasteiger partial charge on any atom is -0.477 e. The lowest BCUT2D eigenvalue weighted by Crippen LogP contribution is -2.32. The van der Waals surface area contributed by atoms with Crippen molar-refractivity contribution in [3.05, 3.63) is 100 Å².